The number of nitrogens with one attached hydrogen (secondary N) is 1. The highest BCUT2D eigenvalue weighted by Gasteiger charge is 2.41. The Bertz CT molecular complexity index is 968. The summed E-state index contributed by atoms with van der Waals surface area (Å²) >= 11 is 0. The normalized spacial score (nSPS) is 19.0. The molecule has 1 heterocycles. The monoisotopic (exact) mass is 495 g/mol. The van der Waals surface area contributed by atoms with Crippen LogP contribution < -0.4 is 5.32 Å². The Hall–Kier alpha value is -2.86. The van der Waals surface area contributed by atoms with Crippen LogP contribution in [0, 0.1) is 11.3 Å². The van der Waals surface area contributed by atoms with Gasteiger partial charge in [-0.05, 0) is 63.0 Å². The van der Waals surface area contributed by atoms with E-state index in [0.29, 0.717) is 32.5 Å². The number of cyclic esters (lactones) is 1. The maximum absolute atomic E-state index is 12.7. The van der Waals surface area contributed by atoms with Gasteiger partial charge in [0.2, 0.25) is 0 Å². The van der Waals surface area contributed by atoms with E-state index in [4.69, 9.17) is 14.2 Å². The van der Waals surface area contributed by atoms with Crippen LogP contribution in [0.5, 0.6) is 0 Å². The van der Waals surface area contributed by atoms with Gasteiger partial charge in [0.1, 0.15) is 11.7 Å². The maximum Gasteiger partial charge on any atom is 0.408 e. The van der Waals surface area contributed by atoms with Gasteiger partial charge in [0.15, 0.2) is 0 Å². The quantitative estimate of drug-likeness (QED) is 0.302. The molecule has 1 amide bonds. The number of carbonyl (C=O) groups excluding carboxylic acids is 2. The molecular formula is C30H41NO5. The zero-order valence-corrected chi connectivity index (χ0v) is 22.3. The van der Waals surface area contributed by atoms with Crippen molar-refractivity contribution in [3.63, 3.8) is 0 Å². The lowest BCUT2D eigenvalue weighted by Gasteiger charge is -2.33. The molecule has 1 aliphatic rings. The minimum absolute atomic E-state index is 0.152. The molecule has 1 saturated heterocycles. The number of hydrogen-bond donors (Lipinski definition) is 1. The van der Waals surface area contributed by atoms with Crippen molar-refractivity contribution in [1.82, 2.24) is 5.32 Å². The predicted octanol–water partition coefficient (Wildman–Crippen LogP) is 6.08. The molecule has 0 saturated carbocycles. The van der Waals surface area contributed by atoms with E-state index in [1.165, 1.54) is 0 Å². The molecule has 0 radical (unpaired) electrons. The van der Waals surface area contributed by atoms with Crippen molar-refractivity contribution in [2.24, 2.45) is 11.3 Å². The minimum atomic E-state index is -0.613. The fourth-order valence-electron chi connectivity index (χ4n) is 4.53. The van der Waals surface area contributed by atoms with Crippen LogP contribution in [0.4, 0.5) is 4.79 Å². The van der Waals surface area contributed by atoms with E-state index in [9.17, 15) is 9.59 Å². The Morgan fingerprint density at radius 2 is 1.61 bits per heavy atom. The molecule has 3 rings (SSSR count). The van der Waals surface area contributed by atoms with E-state index in [1.807, 2.05) is 81.4 Å². The van der Waals surface area contributed by atoms with Crippen LogP contribution in [0.2, 0.25) is 0 Å². The summed E-state index contributed by atoms with van der Waals surface area (Å²) < 4.78 is 17.3. The first kappa shape index (κ1) is 27.7. The van der Waals surface area contributed by atoms with Crippen molar-refractivity contribution in [3.8, 4) is 0 Å². The average molecular weight is 496 g/mol. The largest absolute Gasteiger partial charge is 0.460 e. The van der Waals surface area contributed by atoms with Crippen molar-refractivity contribution < 1.29 is 23.8 Å². The van der Waals surface area contributed by atoms with Gasteiger partial charge in [0.05, 0.1) is 18.6 Å². The van der Waals surface area contributed by atoms with Crippen LogP contribution in [0.25, 0.3) is 0 Å². The molecule has 0 aliphatic carbocycles. The van der Waals surface area contributed by atoms with Crippen LogP contribution in [0.3, 0.4) is 0 Å². The molecule has 1 aliphatic heterocycles. The Labute approximate surface area is 215 Å². The van der Waals surface area contributed by atoms with Crippen molar-refractivity contribution in [3.05, 3.63) is 71.8 Å². The molecule has 0 aromatic heterocycles. The molecule has 6 nitrogen and oxygen atoms in total. The molecule has 2 aromatic rings. The van der Waals surface area contributed by atoms with E-state index in [2.05, 4.69) is 19.2 Å². The highest BCUT2D eigenvalue weighted by Crippen LogP contribution is 2.34. The second-order valence-corrected chi connectivity index (χ2v) is 11.5. The number of rotatable bonds is 11. The number of amides is 1. The van der Waals surface area contributed by atoms with Crippen LogP contribution >= 0.6 is 0 Å². The molecule has 3 atom stereocenters. The van der Waals surface area contributed by atoms with Gasteiger partial charge in [-0.15, -0.1) is 0 Å². The maximum atomic E-state index is 12.7. The number of alkyl carbamates (subject to hydrolysis) is 1. The van der Waals surface area contributed by atoms with Crippen LogP contribution in [0.1, 0.15) is 65.0 Å². The zero-order chi connectivity index (χ0) is 26.2. The third-order valence-electron chi connectivity index (χ3n) is 6.40. The Morgan fingerprint density at radius 3 is 2.22 bits per heavy atom. The molecule has 2 aromatic carbocycles. The second-order valence-electron chi connectivity index (χ2n) is 11.5. The summed E-state index contributed by atoms with van der Waals surface area (Å²) in [4.78, 5) is 25.4. The Morgan fingerprint density at radius 1 is 1.00 bits per heavy atom. The van der Waals surface area contributed by atoms with Gasteiger partial charge in [-0.3, -0.25) is 4.79 Å². The van der Waals surface area contributed by atoms with E-state index >= 15 is 0 Å². The lowest BCUT2D eigenvalue weighted by atomic mass is 9.80. The highest BCUT2D eigenvalue weighted by atomic mass is 16.6. The van der Waals surface area contributed by atoms with Crippen LogP contribution in [-0.4, -0.2) is 36.4 Å². The third kappa shape index (κ3) is 9.30. The SMILES string of the molecule is CC(C)(CCOCc1ccccc1)C[C@H](NC(=O)OC(C)(C)C)[C@@H]1C[C@@H](Cc2ccccc2)C(=O)O1. The fraction of sp³-hybridized carbons (Fsp3) is 0.533. The summed E-state index contributed by atoms with van der Waals surface area (Å²) in [7, 11) is 0. The van der Waals surface area contributed by atoms with Crippen LogP contribution in [-0.2, 0) is 32.0 Å². The third-order valence-corrected chi connectivity index (χ3v) is 6.40. The molecular weight excluding hydrogens is 454 g/mol. The first-order valence-corrected chi connectivity index (χ1v) is 12.9. The number of esters is 1. The van der Waals surface area contributed by atoms with E-state index in [0.717, 1.165) is 17.5 Å². The van der Waals surface area contributed by atoms with Gasteiger partial charge in [0.25, 0.3) is 0 Å². The zero-order valence-electron chi connectivity index (χ0n) is 22.3. The minimum Gasteiger partial charge on any atom is -0.460 e. The lowest BCUT2D eigenvalue weighted by molar-refractivity contribution is -0.145. The van der Waals surface area contributed by atoms with E-state index in [1.54, 1.807) is 0 Å². The Kier molecular flexibility index (Phi) is 9.55. The fourth-order valence-corrected chi connectivity index (χ4v) is 4.53. The van der Waals surface area contributed by atoms with Gasteiger partial charge in [-0.2, -0.15) is 0 Å². The lowest BCUT2D eigenvalue weighted by Crippen LogP contribution is -2.47. The summed E-state index contributed by atoms with van der Waals surface area (Å²) in [5, 5.41) is 3.01. The number of benzene rings is 2. The first-order chi connectivity index (χ1) is 17.0. The second kappa shape index (κ2) is 12.4. The number of ether oxygens (including phenoxy) is 3. The molecule has 1 N–H and O–H groups in total. The summed E-state index contributed by atoms with van der Waals surface area (Å²) in [5.41, 5.74) is 1.48. The molecule has 0 spiro atoms. The smallest absolute Gasteiger partial charge is 0.408 e. The highest BCUT2D eigenvalue weighted by molar-refractivity contribution is 5.75. The van der Waals surface area contributed by atoms with Crippen molar-refractivity contribution in [1.29, 1.82) is 0 Å². The van der Waals surface area contributed by atoms with E-state index < -0.39 is 17.8 Å². The van der Waals surface area contributed by atoms with Gasteiger partial charge in [-0.25, -0.2) is 4.79 Å². The van der Waals surface area contributed by atoms with Crippen molar-refractivity contribution in [2.75, 3.05) is 6.61 Å². The average Bonchev–Trinajstić information content (AvgIpc) is 3.16. The predicted molar refractivity (Wildman–Crippen MR) is 140 cm³/mol. The van der Waals surface area contributed by atoms with Crippen LogP contribution in [0.15, 0.2) is 60.7 Å². The molecule has 6 heteroatoms. The van der Waals surface area contributed by atoms with Gasteiger partial charge < -0.3 is 19.5 Å². The number of hydrogen-bond acceptors (Lipinski definition) is 5. The molecule has 0 unspecified atom stereocenters. The van der Waals surface area contributed by atoms with Crippen molar-refractivity contribution >= 4 is 12.1 Å². The number of carbonyl (C=O) groups is 2. The van der Waals surface area contributed by atoms with Gasteiger partial charge >= 0.3 is 12.1 Å². The molecule has 0 bridgehead atoms. The summed E-state index contributed by atoms with van der Waals surface area (Å²) in [6.45, 7) is 11.0. The molecule has 36 heavy (non-hydrogen) atoms. The molecule has 196 valence electrons. The standard InChI is InChI=1S/C30H41NO5/c1-29(2,3)36-28(33)31-25(20-30(4,5)16-17-34-21-23-14-10-7-11-15-23)26-19-24(27(32)35-26)18-22-12-8-6-9-13-22/h6-15,24-26H,16-21H2,1-5H3,(H,31,33)/t24-,25+,26+/m1/s1. The molecule has 1 fully saturated rings. The van der Waals surface area contributed by atoms with Crippen molar-refractivity contribution in [2.45, 2.75) is 84.7 Å². The van der Waals surface area contributed by atoms with E-state index in [-0.39, 0.29) is 23.3 Å². The first-order valence-electron chi connectivity index (χ1n) is 12.9. The Balaban J connectivity index is 1.62. The summed E-state index contributed by atoms with van der Waals surface area (Å²) in [5.74, 6) is -0.429. The topological polar surface area (TPSA) is 73.9 Å². The summed E-state index contributed by atoms with van der Waals surface area (Å²) in [6.07, 6.45) is 1.74. The van der Waals surface area contributed by atoms with Gasteiger partial charge in [0, 0.05) is 6.61 Å². The van der Waals surface area contributed by atoms with Gasteiger partial charge in [-0.1, -0.05) is 74.5 Å². The summed E-state index contributed by atoms with van der Waals surface area (Å²) in [6, 6.07) is 19.7.